The molecule has 0 unspecified atom stereocenters. The summed E-state index contributed by atoms with van der Waals surface area (Å²) in [6, 6.07) is 4.08. The molecule has 0 atom stereocenters. The number of hydrogen-bond acceptors (Lipinski definition) is 8. The second-order valence-electron chi connectivity index (χ2n) is 8.67. The Morgan fingerprint density at radius 2 is 1.57 bits per heavy atom. The van der Waals surface area contributed by atoms with E-state index in [2.05, 4.69) is 28.8 Å². The van der Waals surface area contributed by atoms with Crippen molar-refractivity contribution in [2.75, 3.05) is 84.4 Å². The summed E-state index contributed by atoms with van der Waals surface area (Å²) in [6.07, 6.45) is 2.26. The molecule has 8 nitrogen and oxygen atoms in total. The van der Waals surface area contributed by atoms with Gasteiger partial charge in [-0.2, -0.15) is 4.98 Å². The van der Waals surface area contributed by atoms with E-state index < -0.39 is 0 Å². The monoisotopic (exact) mass is 414 g/mol. The van der Waals surface area contributed by atoms with Crippen LogP contribution in [0.15, 0.2) is 12.1 Å². The Morgan fingerprint density at radius 3 is 2.20 bits per heavy atom. The number of piperazine rings is 1. The highest BCUT2D eigenvalue weighted by Crippen LogP contribution is 2.37. The van der Waals surface area contributed by atoms with Crippen LogP contribution in [0.5, 0.6) is 11.5 Å². The zero-order valence-electron chi connectivity index (χ0n) is 18.9. The lowest BCUT2D eigenvalue weighted by atomic mass is 10.1. The van der Waals surface area contributed by atoms with Crippen LogP contribution in [0.3, 0.4) is 0 Å². The van der Waals surface area contributed by atoms with Gasteiger partial charge in [0.15, 0.2) is 11.5 Å². The summed E-state index contributed by atoms with van der Waals surface area (Å²) in [5.74, 6) is 3.21. The van der Waals surface area contributed by atoms with Gasteiger partial charge in [0.25, 0.3) is 0 Å². The number of likely N-dealkylation sites (N-methyl/N-ethyl adjacent to an activating group) is 1. The van der Waals surface area contributed by atoms with Gasteiger partial charge in [0.2, 0.25) is 5.95 Å². The number of ether oxygens (including phenoxy) is 2. The molecule has 2 aliphatic rings. The van der Waals surface area contributed by atoms with Crippen molar-refractivity contribution < 1.29 is 9.47 Å². The van der Waals surface area contributed by atoms with Crippen molar-refractivity contribution in [3.8, 4) is 11.5 Å². The van der Waals surface area contributed by atoms with Gasteiger partial charge in [0, 0.05) is 64.8 Å². The molecule has 0 spiro atoms. The summed E-state index contributed by atoms with van der Waals surface area (Å²) in [4.78, 5) is 18.7. The van der Waals surface area contributed by atoms with Gasteiger partial charge in [-0.05, 0) is 33.0 Å². The van der Waals surface area contributed by atoms with Crippen LogP contribution in [0.2, 0.25) is 0 Å². The SMILES string of the molecule is COc1cc2c(N3CCN(C)CC3)nc(N(C)C)nc2cc1OC1CCN(C)CC1. The Bertz CT molecular complexity index is 874. The second kappa shape index (κ2) is 8.81. The third kappa shape index (κ3) is 4.39. The Balaban J connectivity index is 1.73. The molecule has 2 aromatic rings. The first-order valence-electron chi connectivity index (χ1n) is 10.8. The van der Waals surface area contributed by atoms with Crippen LogP contribution in [-0.2, 0) is 0 Å². The third-order valence-corrected chi connectivity index (χ3v) is 6.11. The average Bonchev–Trinajstić information content (AvgIpc) is 2.74. The maximum atomic E-state index is 6.39. The van der Waals surface area contributed by atoms with Crippen LogP contribution in [0.25, 0.3) is 10.9 Å². The van der Waals surface area contributed by atoms with Gasteiger partial charge in [0.05, 0.1) is 12.6 Å². The average molecular weight is 415 g/mol. The van der Waals surface area contributed by atoms with Gasteiger partial charge in [0.1, 0.15) is 11.9 Å². The minimum absolute atomic E-state index is 0.208. The first kappa shape index (κ1) is 20.9. The van der Waals surface area contributed by atoms with E-state index in [1.54, 1.807) is 7.11 Å². The van der Waals surface area contributed by atoms with Crippen LogP contribution < -0.4 is 19.3 Å². The topological polar surface area (TPSA) is 57.2 Å². The fourth-order valence-corrected chi connectivity index (χ4v) is 4.10. The molecule has 30 heavy (non-hydrogen) atoms. The number of hydrogen-bond donors (Lipinski definition) is 0. The molecule has 0 saturated carbocycles. The van der Waals surface area contributed by atoms with Gasteiger partial charge in [-0.15, -0.1) is 0 Å². The molecule has 8 heteroatoms. The first-order chi connectivity index (χ1) is 14.4. The molecule has 1 aromatic carbocycles. The third-order valence-electron chi connectivity index (χ3n) is 6.11. The van der Waals surface area contributed by atoms with Crippen molar-refractivity contribution >= 4 is 22.7 Å². The molecule has 2 fully saturated rings. The van der Waals surface area contributed by atoms with Crippen LogP contribution >= 0.6 is 0 Å². The Hall–Kier alpha value is -2.32. The number of fused-ring (bicyclic) bond motifs is 1. The van der Waals surface area contributed by atoms with E-state index in [0.717, 1.165) is 80.3 Å². The number of likely N-dealkylation sites (tertiary alicyclic amines) is 1. The molecular weight excluding hydrogens is 380 g/mol. The van der Waals surface area contributed by atoms with Crippen molar-refractivity contribution in [1.82, 2.24) is 19.8 Å². The lowest BCUT2D eigenvalue weighted by Crippen LogP contribution is -2.45. The zero-order chi connectivity index (χ0) is 21.3. The summed E-state index contributed by atoms with van der Waals surface area (Å²) in [5.41, 5.74) is 0.895. The predicted molar refractivity (Wildman–Crippen MR) is 121 cm³/mol. The van der Waals surface area contributed by atoms with E-state index >= 15 is 0 Å². The summed E-state index contributed by atoms with van der Waals surface area (Å²) in [6.45, 7) is 6.06. The molecule has 4 rings (SSSR count). The van der Waals surface area contributed by atoms with E-state index in [0.29, 0.717) is 5.95 Å². The van der Waals surface area contributed by atoms with E-state index in [4.69, 9.17) is 19.4 Å². The fourth-order valence-electron chi connectivity index (χ4n) is 4.10. The van der Waals surface area contributed by atoms with Gasteiger partial charge < -0.3 is 29.1 Å². The molecule has 3 heterocycles. The number of nitrogens with zero attached hydrogens (tertiary/aromatic N) is 6. The van der Waals surface area contributed by atoms with Crippen LogP contribution in [0.4, 0.5) is 11.8 Å². The van der Waals surface area contributed by atoms with Crippen LogP contribution in [0.1, 0.15) is 12.8 Å². The molecule has 2 saturated heterocycles. The van der Waals surface area contributed by atoms with E-state index in [9.17, 15) is 0 Å². The second-order valence-corrected chi connectivity index (χ2v) is 8.67. The number of benzene rings is 1. The summed E-state index contributed by atoms with van der Waals surface area (Å²) >= 11 is 0. The lowest BCUT2D eigenvalue weighted by molar-refractivity contribution is 0.111. The number of methoxy groups -OCH3 is 1. The molecule has 0 amide bonds. The highest BCUT2D eigenvalue weighted by Gasteiger charge is 2.23. The minimum Gasteiger partial charge on any atom is -0.493 e. The van der Waals surface area contributed by atoms with Crippen molar-refractivity contribution in [3.05, 3.63) is 12.1 Å². The molecule has 164 valence electrons. The standard InChI is InChI=1S/C22H34N6O2/c1-25(2)22-23-18-15-20(30-16-6-8-26(3)9-7-16)19(29-5)14-17(18)21(24-22)28-12-10-27(4)11-13-28/h14-16H,6-13H2,1-5H3. The van der Waals surface area contributed by atoms with Crippen molar-refractivity contribution in [2.45, 2.75) is 18.9 Å². The fraction of sp³-hybridized carbons (Fsp3) is 0.636. The van der Waals surface area contributed by atoms with Crippen LogP contribution in [-0.4, -0.2) is 100 Å². The van der Waals surface area contributed by atoms with Gasteiger partial charge >= 0.3 is 0 Å². The van der Waals surface area contributed by atoms with Gasteiger partial charge in [-0.3, -0.25) is 0 Å². The molecule has 0 radical (unpaired) electrons. The number of rotatable bonds is 5. The summed E-state index contributed by atoms with van der Waals surface area (Å²) in [5, 5.41) is 1.01. The van der Waals surface area contributed by atoms with Gasteiger partial charge in [-0.1, -0.05) is 0 Å². The minimum atomic E-state index is 0.208. The largest absolute Gasteiger partial charge is 0.493 e. The molecule has 0 N–H and O–H groups in total. The highest BCUT2D eigenvalue weighted by atomic mass is 16.5. The molecule has 1 aromatic heterocycles. The smallest absolute Gasteiger partial charge is 0.227 e. The lowest BCUT2D eigenvalue weighted by Gasteiger charge is -2.34. The van der Waals surface area contributed by atoms with Crippen molar-refractivity contribution in [2.24, 2.45) is 0 Å². The van der Waals surface area contributed by atoms with Gasteiger partial charge in [-0.25, -0.2) is 4.98 Å². The number of anilines is 2. The number of aromatic nitrogens is 2. The van der Waals surface area contributed by atoms with E-state index in [1.807, 2.05) is 31.1 Å². The Labute approximate surface area is 179 Å². The van der Waals surface area contributed by atoms with Crippen molar-refractivity contribution in [1.29, 1.82) is 0 Å². The Kier molecular flexibility index (Phi) is 6.15. The molecule has 0 bridgehead atoms. The quantitative estimate of drug-likeness (QED) is 0.736. The zero-order valence-corrected chi connectivity index (χ0v) is 18.9. The maximum absolute atomic E-state index is 6.39. The first-order valence-corrected chi connectivity index (χ1v) is 10.8. The summed E-state index contributed by atoms with van der Waals surface area (Å²) < 4.78 is 12.1. The number of piperidine rings is 1. The predicted octanol–water partition coefficient (Wildman–Crippen LogP) is 1.93. The Morgan fingerprint density at radius 1 is 0.900 bits per heavy atom. The summed E-state index contributed by atoms with van der Waals surface area (Å²) in [7, 11) is 9.98. The molecule has 2 aliphatic heterocycles. The van der Waals surface area contributed by atoms with Crippen LogP contribution in [0, 0.1) is 0 Å². The normalized spacial score (nSPS) is 19.3. The van der Waals surface area contributed by atoms with E-state index in [1.165, 1.54) is 0 Å². The molecular formula is C22H34N6O2. The van der Waals surface area contributed by atoms with E-state index in [-0.39, 0.29) is 6.10 Å². The molecule has 0 aliphatic carbocycles. The van der Waals surface area contributed by atoms with Crippen molar-refractivity contribution in [3.63, 3.8) is 0 Å². The highest BCUT2D eigenvalue weighted by molar-refractivity contribution is 5.93. The maximum Gasteiger partial charge on any atom is 0.227 e.